The molecule has 0 bridgehead atoms. The molecule has 0 aliphatic heterocycles. The molecule has 6 nitrogen and oxygen atoms in total. The van der Waals surface area contributed by atoms with Crippen molar-refractivity contribution in [2.75, 3.05) is 0 Å². The standard InChI is InChI=1S/C12H8BrClFN3O3/c1-6-2-11(14)17-12(16-6)5-21-10-4-8(15)7(13)3-9(10)18(19)20/h2-4H,5H2,1H3. The third-order valence-electron chi connectivity index (χ3n) is 2.42. The van der Waals surface area contributed by atoms with E-state index in [1.54, 1.807) is 13.0 Å². The largest absolute Gasteiger partial charge is 0.479 e. The van der Waals surface area contributed by atoms with E-state index < -0.39 is 10.7 Å². The second-order valence-corrected chi connectivity index (χ2v) is 5.27. The van der Waals surface area contributed by atoms with E-state index in [0.29, 0.717) is 5.69 Å². The Labute approximate surface area is 132 Å². The fourth-order valence-electron chi connectivity index (χ4n) is 1.57. The average Bonchev–Trinajstić information content (AvgIpc) is 2.38. The van der Waals surface area contributed by atoms with Gasteiger partial charge in [-0.25, -0.2) is 14.4 Å². The Morgan fingerprint density at radius 2 is 2.14 bits per heavy atom. The minimum atomic E-state index is -0.668. The van der Waals surface area contributed by atoms with E-state index in [4.69, 9.17) is 16.3 Å². The van der Waals surface area contributed by atoms with Crippen molar-refractivity contribution in [1.29, 1.82) is 0 Å². The predicted molar refractivity (Wildman–Crippen MR) is 76.9 cm³/mol. The minimum absolute atomic E-state index is 0.0172. The van der Waals surface area contributed by atoms with Gasteiger partial charge in [0.05, 0.1) is 9.40 Å². The van der Waals surface area contributed by atoms with Gasteiger partial charge in [0.15, 0.2) is 5.82 Å². The van der Waals surface area contributed by atoms with Crippen LogP contribution in [0.4, 0.5) is 10.1 Å². The number of aryl methyl sites for hydroxylation is 1. The van der Waals surface area contributed by atoms with E-state index in [9.17, 15) is 14.5 Å². The Morgan fingerprint density at radius 3 is 2.76 bits per heavy atom. The minimum Gasteiger partial charge on any atom is -0.479 e. The molecule has 1 aromatic heterocycles. The number of hydrogen-bond acceptors (Lipinski definition) is 5. The molecule has 2 aromatic rings. The molecule has 0 saturated heterocycles. The summed E-state index contributed by atoms with van der Waals surface area (Å²) in [6, 6.07) is 3.53. The number of nitrogens with zero attached hydrogens (tertiary/aromatic N) is 3. The Morgan fingerprint density at radius 1 is 1.43 bits per heavy atom. The van der Waals surface area contributed by atoms with Crippen LogP contribution in [0.1, 0.15) is 11.5 Å². The van der Waals surface area contributed by atoms with Crippen LogP contribution in [-0.2, 0) is 6.61 Å². The van der Waals surface area contributed by atoms with Crippen molar-refractivity contribution in [3.63, 3.8) is 0 Å². The van der Waals surface area contributed by atoms with E-state index in [-0.39, 0.29) is 33.5 Å². The van der Waals surface area contributed by atoms with Crippen molar-refractivity contribution in [3.05, 3.63) is 55.3 Å². The maximum atomic E-state index is 13.5. The van der Waals surface area contributed by atoms with Gasteiger partial charge in [0.1, 0.15) is 17.6 Å². The molecule has 2 rings (SSSR count). The molecule has 0 aliphatic carbocycles. The SMILES string of the molecule is Cc1cc(Cl)nc(COc2cc(F)c(Br)cc2[N+](=O)[O-])n1. The second kappa shape index (κ2) is 6.31. The van der Waals surface area contributed by atoms with Crippen LogP contribution in [0, 0.1) is 22.9 Å². The van der Waals surface area contributed by atoms with Gasteiger partial charge in [0, 0.05) is 17.8 Å². The maximum absolute atomic E-state index is 13.5. The summed E-state index contributed by atoms with van der Waals surface area (Å²) in [7, 11) is 0. The Balaban J connectivity index is 2.27. The van der Waals surface area contributed by atoms with Crippen molar-refractivity contribution in [2.45, 2.75) is 13.5 Å². The van der Waals surface area contributed by atoms with Gasteiger partial charge in [-0.05, 0) is 28.9 Å². The van der Waals surface area contributed by atoms with E-state index in [2.05, 4.69) is 25.9 Å². The molecule has 0 amide bonds. The Hall–Kier alpha value is -1.80. The second-order valence-electron chi connectivity index (χ2n) is 4.03. The van der Waals surface area contributed by atoms with Crippen LogP contribution in [0.3, 0.4) is 0 Å². The van der Waals surface area contributed by atoms with Gasteiger partial charge in [0.2, 0.25) is 5.75 Å². The van der Waals surface area contributed by atoms with Crippen LogP contribution >= 0.6 is 27.5 Å². The highest BCUT2D eigenvalue weighted by atomic mass is 79.9. The van der Waals surface area contributed by atoms with Crippen molar-refractivity contribution in [1.82, 2.24) is 9.97 Å². The van der Waals surface area contributed by atoms with Crippen molar-refractivity contribution >= 4 is 33.2 Å². The molecule has 1 heterocycles. The van der Waals surface area contributed by atoms with E-state index in [0.717, 1.165) is 12.1 Å². The lowest BCUT2D eigenvalue weighted by Gasteiger charge is -2.07. The normalized spacial score (nSPS) is 10.5. The molecule has 0 unspecified atom stereocenters. The summed E-state index contributed by atoms with van der Waals surface area (Å²) in [5.74, 6) is -0.627. The number of aromatic nitrogens is 2. The van der Waals surface area contributed by atoms with Gasteiger partial charge < -0.3 is 4.74 Å². The quantitative estimate of drug-likeness (QED) is 0.460. The molecule has 0 spiro atoms. The van der Waals surface area contributed by atoms with E-state index in [1.165, 1.54) is 0 Å². The molecule has 1 aromatic carbocycles. The van der Waals surface area contributed by atoms with Gasteiger partial charge in [-0.3, -0.25) is 10.1 Å². The van der Waals surface area contributed by atoms with Gasteiger partial charge in [-0.1, -0.05) is 11.6 Å². The summed E-state index contributed by atoms with van der Waals surface area (Å²) in [5.41, 5.74) is 0.270. The molecule has 9 heteroatoms. The molecular weight excluding hydrogens is 369 g/mol. The van der Waals surface area contributed by atoms with Crippen LogP contribution in [0.2, 0.25) is 5.15 Å². The average molecular weight is 377 g/mol. The molecule has 110 valence electrons. The number of benzene rings is 1. The maximum Gasteiger partial charge on any atom is 0.312 e. The van der Waals surface area contributed by atoms with Crippen molar-refractivity contribution in [2.24, 2.45) is 0 Å². The van der Waals surface area contributed by atoms with E-state index >= 15 is 0 Å². The molecule has 21 heavy (non-hydrogen) atoms. The van der Waals surface area contributed by atoms with Crippen LogP contribution in [0.25, 0.3) is 0 Å². The highest BCUT2D eigenvalue weighted by Gasteiger charge is 2.19. The monoisotopic (exact) mass is 375 g/mol. The molecule has 0 N–H and O–H groups in total. The zero-order valence-electron chi connectivity index (χ0n) is 10.6. The lowest BCUT2D eigenvalue weighted by Crippen LogP contribution is -2.05. The molecule has 0 aliphatic rings. The summed E-state index contributed by atoms with van der Waals surface area (Å²) >= 11 is 8.66. The van der Waals surface area contributed by atoms with Gasteiger partial charge >= 0.3 is 5.69 Å². The topological polar surface area (TPSA) is 78.2 Å². The first-order valence-electron chi connectivity index (χ1n) is 5.63. The predicted octanol–water partition coefficient (Wildman–Crippen LogP) is 3.83. The van der Waals surface area contributed by atoms with Crippen molar-refractivity contribution in [3.8, 4) is 5.75 Å². The summed E-state index contributed by atoms with van der Waals surface area (Å²) < 4.78 is 18.7. The number of nitro benzene ring substituents is 1. The summed E-state index contributed by atoms with van der Waals surface area (Å²) in [6.07, 6.45) is 0. The lowest BCUT2D eigenvalue weighted by molar-refractivity contribution is -0.386. The fraction of sp³-hybridized carbons (Fsp3) is 0.167. The number of halogens is 3. The van der Waals surface area contributed by atoms with Crippen LogP contribution < -0.4 is 4.74 Å². The number of hydrogen-bond donors (Lipinski definition) is 0. The first-order valence-corrected chi connectivity index (χ1v) is 6.80. The zero-order valence-corrected chi connectivity index (χ0v) is 13.0. The molecule has 0 radical (unpaired) electrons. The van der Waals surface area contributed by atoms with E-state index in [1.807, 2.05) is 0 Å². The number of nitro groups is 1. The smallest absolute Gasteiger partial charge is 0.312 e. The third-order valence-corrected chi connectivity index (χ3v) is 3.23. The summed E-state index contributed by atoms with van der Waals surface area (Å²) in [5, 5.41) is 11.2. The fourth-order valence-corrected chi connectivity index (χ4v) is 2.16. The van der Waals surface area contributed by atoms with Crippen LogP contribution in [0.5, 0.6) is 5.75 Å². The van der Waals surface area contributed by atoms with Gasteiger partial charge in [0.25, 0.3) is 0 Å². The first kappa shape index (κ1) is 15.6. The molecule has 0 atom stereocenters. The number of rotatable bonds is 4. The molecule has 0 saturated carbocycles. The van der Waals surface area contributed by atoms with Crippen LogP contribution in [-0.4, -0.2) is 14.9 Å². The molecular formula is C12H8BrClFN3O3. The number of ether oxygens (including phenoxy) is 1. The van der Waals surface area contributed by atoms with Gasteiger partial charge in [-0.15, -0.1) is 0 Å². The van der Waals surface area contributed by atoms with Gasteiger partial charge in [-0.2, -0.15) is 0 Å². The van der Waals surface area contributed by atoms with Crippen molar-refractivity contribution < 1.29 is 14.1 Å². The summed E-state index contributed by atoms with van der Waals surface area (Å²) in [4.78, 5) is 18.3. The van der Waals surface area contributed by atoms with Crippen LogP contribution in [0.15, 0.2) is 22.7 Å². The first-order chi connectivity index (χ1) is 9.86. The lowest BCUT2D eigenvalue weighted by atomic mass is 10.3. The molecule has 0 fully saturated rings. The summed E-state index contributed by atoms with van der Waals surface area (Å²) in [6.45, 7) is 1.56. The highest BCUT2D eigenvalue weighted by Crippen LogP contribution is 2.32. The highest BCUT2D eigenvalue weighted by molar-refractivity contribution is 9.10. The Bertz CT molecular complexity index is 694. The third kappa shape index (κ3) is 3.85. The Kier molecular flexibility index (Phi) is 4.69. The zero-order chi connectivity index (χ0) is 15.6.